The fourth-order valence-corrected chi connectivity index (χ4v) is 2.11. The van der Waals surface area contributed by atoms with Gasteiger partial charge in [0.15, 0.2) is 5.92 Å². The first-order chi connectivity index (χ1) is 14.3. The van der Waals surface area contributed by atoms with E-state index in [4.69, 9.17) is 14.7 Å². The summed E-state index contributed by atoms with van der Waals surface area (Å²) in [5, 5.41) is 8.72. The standard InChI is InChI=1S/C14H15NO4.C7H12O4/c1-3-18-13(16)12(14(17)19-4-2)11-7-5-10(9-15)6-8-11;1-3-10-6(8)5-7(9)11-4-2/h5-8,12H,3-4H2,1-2H3;3-5H2,1-2H3. The molecule has 0 spiro atoms. The predicted octanol–water partition coefficient (Wildman–Crippen LogP) is 2.27. The molecular formula is C21H27NO8. The van der Waals surface area contributed by atoms with Gasteiger partial charge in [-0.05, 0) is 45.4 Å². The minimum absolute atomic E-state index is 0.186. The van der Waals surface area contributed by atoms with Gasteiger partial charge in [-0.15, -0.1) is 0 Å². The highest BCUT2D eigenvalue weighted by Gasteiger charge is 2.31. The van der Waals surface area contributed by atoms with Crippen LogP contribution in [0.1, 0.15) is 51.2 Å². The first-order valence-corrected chi connectivity index (χ1v) is 9.48. The zero-order valence-electron chi connectivity index (χ0n) is 17.6. The van der Waals surface area contributed by atoms with Crippen LogP contribution in [0.2, 0.25) is 0 Å². The Kier molecular flexibility index (Phi) is 13.7. The van der Waals surface area contributed by atoms with E-state index in [1.165, 1.54) is 0 Å². The van der Waals surface area contributed by atoms with Gasteiger partial charge in [-0.25, -0.2) is 0 Å². The molecule has 9 nitrogen and oxygen atoms in total. The van der Waals surface area contributed by atoms with Crippen molar-refractivity contribution in [1.82, 2.24) is 0 Å². The highest BCUT2D eigenvalue weighted by Crippen LogP contribution is 2.20. The van der Waals surface area contributed by atoms with Crippen molar-refractivity contribution in [2.75, 3.05) is 26.4 Å². The van der Waals surface area contributed by atoms with Crippen LogP contribution < -0.4 is 0 Å². The molecule has 0 amide bonds. The lowest BCUT2D eigenvalue weighted by Gasteiger charge is -2.14. The van der Waals surface area contributed by atoms with E-state index >= 15 is 0 Å². The summed E-state index contributed by atoms with van der Waals surface area (Å²) in [5.41, 5.74) is 0.908. The van der Waals surface area contributed by atoms with E-state index in [1.807, 2.05) is 6.07 Å². The Bertz CT molecular complexity index is 702. The van der Waals surface area contributed by atoms with E-state index < -0.39 is 29.8 Å². The lowest BCUT2D eigenvalue weighted by molar-refractivity contribution is -0.157. The summed E-state index contributed by atoms with van der Waals surface area (Å²) in [4.78, 5) is 44.9. The third kappa shape index (κ3) is 10.2. The van der Waals surface area contributed by atoms with Gasteiger partial charge in [0.05, 0.1) is 38.1 Å². The maximum absolute atomic E-state index is 11.8. The van der Waals surface area contributed by atoms with Gasteiger partial charge in [-0.2, -0.15) is 5.26 Å². The summed E-state index contributed by atoms with van der Waals surface area (Å²) in [5.74, 6) is -3.47. The number of rotatable bonds is 9. The third-order valence-electron chi connectivity index (χ3n) is 3.32. The molecule has 0 saturated heterocycles. The average Bonchev–Trinajstić information content (AvgIpc) is 2.70. The topological polar surface area (TPSA) is 129 Å². The van der Waals surface area contributed by atoms with Gasteiger partial charge in [0.25, 0.3) is 0 Å². The Balaban J connectivity index is 0.000000654. The number of nitrogens with zero attached hydrogens (tertiary/aromatic N) is 1. The second-order valence-electron chi connectivity index (χ2n) is 5.46. The summed E-state index contributed by atoms with van der Waals surface area (Å²) in [7, 11) is 0. The quantitative estimate of drug-likeness (QED) is 0.335. The zero-order valence-corrected chi connectivity index (χ0v) is 17.6. The van der Waals surface area contributed by atoms with Crippen LogP contribution in [0.25, 0.3) is 0 Å². The van der Waals surface area contributed by atoms with Crippen LogP contribution in [-0.4, -0.2) is 50.3 Å². The molecule has 0 aliphatic rings. The summed E-state index contributed by atoms with van der Waals surface area (Å²) in [6.07, 6.45) is -0.290. The van der Waals surface area contributed by atoms with Crippen molar-refractivity contribution < 1.29 is 38.1 Å². The monoisotopic (exact) mass is 421 g/mol. The van der Waals surface area contributed by atoms with Gasteiger partial charge in [0, 0.05) is 0 Å². The number of hydrogen-bond donors (Lipinski definition) is 0. The van der Waals surface area contributed by atoms with Crippen molar-refractivity contribution in [2.45, 2.75) is 40.0 Å². The second kappa shape index (κ2) is 15.5. The van der Waals surface area contributed by atoms with E-state index in [0.29, 0.717) is 11.1 Å². The van der Waals surface area contributed by atoms with Gasteiger partial charge < -0.3 is 18.9 Å². The number of carbonyl (C=O) groups is 4. The molecule has 30 heavy (non-hydrogen) atoms. The first kappa shape index (κ1) is 26.6. The molecule has 0 heterocycles. The fraction of sp³-hybridized carbons (Fsp3) is 0.476. The first-order valence-electron chi connectivity index (χ1n) is 9.48. The van der Waals surface area contributed by atoms with Gasteiger partial charge in [-0.3, -0.25) is 19.2 Å². The maximum Gasteiger partial charge on any atom is 0.324 e. The van der Waals surface area contributed by atoms with Crippen LogP contribution in [0.15, 0.2) is 24.3 Å². The summed E-state index contributed by atoms with van der Waals surface area (Å²) in [6, 6.07) is 8.16. The smallest absolute Gasteiger partial charge is 0.324 e. The van der Waals surface area contributed by atoms with Crippen molar-refractivity contribution in [3.8, 4) is 6.07 Å². The molecule has 0 aromatic heterocycles. The maximum atomic E-state index is 11.8. The van der Waals surface area contributed by atoms with Crippen molar-refractivity contribution in [2.24, 2.45) is 0 Å². The minimum atomic E-state index is -1.10. The average molecular weight is 421 g/mol. The van der Waals surface area contributed by atoms with Crippen molar-refractivity contribution in [3.63, 3.8) is 0 Å². The van der Waals surface area contributed by atoms with E-state index in [-0.39, 0.29) is 32.8 Å². The predicted molar refractivity (Wildman–Crippen MR) is 105 cm³/mol. The number of ether oxygens (including phenoxy) is 4. The molecule has 1 aromatic carbocycles. The Hall–Kier alpha value is -3.41. The van der Waals surface area contributed by atoms with Crippen molar-refractivity contribution >= 4 is 23.9 Å². The zero-order chi connectivity index (χ0) is 22.9. The van der Waals surface area contributed by atoms with Gasteiger partial charge >= 0.3 is 23.9 Å². The molecule has 0 aliphatic carbocycles. The molecule has 9 heteroatoms. The normalized spacial score (nSPS) is 9.47. The van der Waals surface area contributed by atoms with Gasteiger partial charge in [0.2, 0.25) is 0 Å². The van der Waals surface area contributed by atoms with E-state index in [9.17, 15) is 19.2 Å². The number of esters is 4. The van der Waals surface area contributed by atoms with Crippen LogP contribution >= 0.6 is 0 Å². The molecule has 0 bridgehead atoms. The lowest BCUT2D eigenvalue weighted by Crippen LogP contribution is -2.26. The molecule has 0 radical (unpaired) electrons. The fourth-order valence-electron chi connectivity index (χ4n) is 2.11. The third-order valence-corrected chi connectivity index (χ3v) is 3.32. The number of nitriles is 1. The molecule has 1 aromatic rings. The van der Waals surface area contributed by atoms with Crippen LogP contribution in [0, 0.1) is 11.3 Å². The summed E-state index contributed by atoms with van der Waals surface area (Å²) >= 11 is 0. The SMILES string of the molecule is CCOC(=O)C(C(=O)OCC)c1ccc(C#N)cc1.CCOC(=O)CC(=O)OCC. The van der Waals surface area contributed by atoms with Gasteiger partial charge in [0.1, 0.15) is 6.42 Å². The molecule has 0 saturated carbocycles. The van der Waals surface area contributed by atoms with E-state index in [1.54, 1.807) is 52.0 Å². The molecule has 0 unspecified atom stereocenters. The van der Waals surface area contributed by atoms with Crippen LogP contribution in [0.3, 0.4) is 0 Å². The van der Waals surface area contributed by atoms with Gasteiger partial charge in [-0.1, -0.05) is 12.1 Å². The summed E-state index contributed by atoms with van der Waals surface area (Å²) < 4.78 is 18.8. The van der Waals surface area contributed by atoms with Crippen molar-refractivity contribution in [1.29, 1.82) is 5.26 Å². The minimum Gasteiger partial charge on any atom is -0.466 e. The molecule has 0 fully saturated rings. The second-order valence-corrected chi connectivity index (χ2v) is 5.46. The molecule has 164 valence electrons. The number of carbonyl (C=O) groups excluding carboxylic acids is 4. The van der Waals surface area contributed by atoms with Crippen molar-refractivity contribution in [3.05, 3.63) is 35.4 Å². The highest BCUT2D eigenvalue weighted by molar-refractivity contribution is 6.00. The summed E-state index contributed by atoms with van der Waals surface area (Å²) in [6.45, 7) is 7.65. The number of hydrogen-bond acceptors (Lipinski definition) is 9. The Labute approximate surface area is 175 Å². The molecular weight excluding hydrogens is 394 g/mol. The molecule has 0 atom stereocenters. The van der Waals surface area contributed by atoms with Crippen LogP contribution in [0.4, 0.5) is 0 Å². The Morgan fingerprint density at radius 1 is 0.767 bits per heavy atom. The Morgan fingerprint density at radius 2 is 1.17 bits per heavy atom. The van der Waals surface area contributed by atoms with E-state index in [2.05, 4.69) is 9.47 Å². The molecule has 0 N–H and O–H groups in total. The van der Waals surface area contributed by atoms with Crippen LogP contribution in [0.5, 0.6) is 0 Å². The molecule has 0 aliphatic heterocycles. The number of benzene rings is 1. The lowest BCUT2D eigenvalue weighted by atomic mass is 9.98. The highest BCUT2D eigenvalue weighted by atomic mass is 16.6. The Morgan fingerprint density at radius 3 is 1.50 bits per heavy atom. The van der Waals surface area contributed by atoms with Crippen LogP contribution in [-0.2, 0) is 38.1 Å². The largest absolute Gasteiger partial charge is 0.466 e. The van der Waals surface area contributed by atoms with E-state index in [0.717, 1.165) is 0 Å². The molecule has 1 rings (SSSR count).